The van der Waals surface area contributed by atoms with E-state index in [0.717, 1.165) is 31.7 Å². The molecule has 0 radical (unpaired) electrons. The predicted octanol–water partition coefficient (Wildman–Crippen LogP) is 3.32. The molecule has 2 saturated carbocycles. The Kier molecular flexibility index (Phi) is 6.34. The predicted molar refractivity (Wildman–Crippen MR) is 83.4 cm³/mol. The highest BCUT2D eigenvalue weighted by Gasteiger charge is 2.22. The molecule has 2 aliphatic carbocycles. The highest BCUT2D eigenvalue weighted by Crippen LogP contribution is 2.27. The summed E-state index contributed by atoms with van der Waals surface area (Å²) in [4.78, 5) is 14.2. The molecule has 20 heavy (non-hydrogen) atoms. The van der Waals surface area contributed by atoms with Gasteiger partial charge in [0.05, 0.1) is 0 Å². The third-order valence-electron chi connectivity index (χ3n) is 5.27. The lowest BCUT2D eigenvalue weighted by Crippen LogP contribution is -2.33. The number of hydrogen-bond acceptors (Lipinski definition) is 2. The summed E-state index contributed by atoms with van der Waals surface area (Å²) < 4.78 is 0. The van der Waals surface area contributed by atoms with Crippen molar-refractivity contribution >= 4 is 5.91 Å². The number of hydrogen-bond donors (Lipinski definition) is 1. The van der Waals surface area contributed by atoms with E-state index in [1.165, 1.54) is 51.4 Å². The minimum atomic E-state index is 0.342. The Balaban J connectivity index is 1.65. The van der Waals surface area contributed by atoms with Crippen molar-refractivity contribution in [3.05, 3.63) is 0 Å². The van der Waals surface area contributed by atoms with Crippen LogP contribution in [0, 0.1) is 11.8 Å². The number of nitrogens with two attached hydrogens (primary N) is 1. The molecule has 2 unspecified atom stereocenters. The summed E-state index contributed by atoms with van der Waals surface area (Å²) in [6, 6.07) is 0.379. The van der Waals surface area contributed by atoms with Crippen molar-refractivity contribution in [3.63, 3.8) is 0 Å². The summed E-state index contributed by atoms with van der Waals surface area (Å²) in [5.41, 5.74) is 6.02. The van der Waals surface area contributed by atoms with Gasteiger partial charge in [0.2, 0.25) is 5.91 Å². The summed E-state index contributed by atoms with van der Waals surface area (Å²) in [6.07, 6.45) is 13.3. The van der Waals surface area contributed by atoms with Crippen LogP contribution < -0.4 is 5.73 Å². The van der Waals surface area contributed by atoms with Gasteiger partial charge in [-0.05, 0) is 43.9 Å². The Morgan fingerprint density at radius 2 is 1.75 bits per heavy atom. The summed E-state index contributed by atoms with van der Waals surface area (Å²) >= 11 is 0. The van der Waals surface area contributed by atoms with E-state index in [9.17, 15) is 4.79 Å². The van der Waals surface area contributed by atoms with Crippen LogP contribution in [-0.4, -0.2) is 30.4 Å². The number of rotatable bonds is 5. The lowest BCUT2D eigenvalue weighted by atomic mass is 9.83. The van der Waals surface area contributed by atoms with Crippen molar-refractivity contribution in [1.82, 2.24) is 4.90 Å². The molecule has 0 aliphatic heterocycles. The topological polar surface area (TPSA) is 46.3 Å². The maximum Gasteiger partial charge on any atom is 0.222 e. The molecular formula is C17H32N2O. The first kappa shape index (κ1) is 15.8. The quantitative estimate of drug-likeness (QED) is 0.839. The van der Waals surface area contributed by atoms with Gasteiger partial charge < -0.3 is 10.6 Å². The van der Waals surface area contributed by atoms with Crippen molar-refractivity contribution in [2.45, 2.75) is 76.7 Å². The molecule has 3 heteroatoms. The Hall–Kier alpha value is -0.570. The summed E-state index contributed by atoms with van der Waals surface area (Å²) in [6.45, 7) is 0.975. The molecular weight excluding hydrogens is 248 g/mol. The Labute approximate surface area is 124 Å². The number of nitrogens with zero attached hydrogens (tertiary/aromatic N) is 1. The maximum absolute atomic E-state index is 12.2. The zero-order chi connectivity index (χ0) is 14.4. The first-order valence-corrected chi connectivity index (χ1v) is 8.64. The number of carbonyl (C=O) groups excluding carboxylic acids is 1. The van der Waals surface area contributed by atoms with E-state index in [2.05, 4.69) is 0 Å². The minimum Gasteiger partial charge on any atom is -0.345 e. The molecule has 0 aromatic carbocycles. The summed E-state index contributed by atoms with van der Waals surface area (Å²) in [5.74, 6) is 1.78. The fourth-order valence-electron chi connectivity index (χ4n) is 3.97. The van der Waals surface area contributed by atoms with Gasteiger partial charge in [0.1, 0.15) is 0 Å². The lowest BCUT2D eigenvalue weighted by Gasteiger charge is -2.29. The Bertz CT molecular complexity index is 299. The zero-order valence-corrected chi connectivity index (χ0v) is 13.2. The molecule has 2 aliphatic rings. The summed E-state index contributed by atoms with van der Waals surface area (Å²) in [7, 11) is 1.99. The van der Waals surface area contributed by atoms with Crippen LogP contribution in [0.2, 0.25) is 0 Å². The van der Waals surface area contributed by atoms with Gasteiger partial charge in [-0.25, -0.2) is 0 Å². The zero-order valence-electron chi connectivity index (χ0n) is 13.2. The largest absolute Gasteiger partial charge is 0.345 e. The molecule has 0 spiro atoms. The van der Waals surface area contributed by atoms with Gasteiger partial charge in [-0.3, -0.25) is 4.79 Å². The van der Waals surface area contributed by atoms with Gasteiger partial charge in [-0.2, -0.15) is 0 Å². The molecule has 3 nitrogen and oxygen atoms in total. The second kappa shape index (κ2) is 8.02. The molecule has 2 rings (SSSR count). The third kappa shape index (κ3) is 5.08. The van der Waals surface area contributed by atoms with E-state index in [1.807, 2.05) is 11.9 Å². The van der Waals surface area contributed by atoms with Crippen LogP contribution in [-0.2, 0) is 4.79 Å². The first-order valence-electron chi connectivity index (χ1n) is 8.64. The maximum atomic E-state index is 12.2. The van der Waals surface area contributed by atoms with Gasteiger partial charge in [0.25, 0.3) is 0 Å². The molecule has 0 aromatic rings. The first-order chi connectivity index (χ1) is 9.65. The van der Waals surface area contributed by atoms with E-state index < -0.39 is 0 Å². The third-order valence-corrected chi connectivity index (χ3v) is 5.27. The van der Waals surface area contributed by atoms with Gasteiger partial charge in [0.15, 0.2) is 0 Å². The van der Waals surface area contributed by atoms with E-state index in [0.29, 0.717) is 17.9 Å². The van der Waals surface area contributed by atoms with Gasteiger partial charge in [-0.1, -0.05) is 32.1 Å². The van der Waals surface area contributed by atoms with Crippen LogP contribution >= 0.6 is 0 Å². The molecule has 2 N–H and O–H groups in total. The van der Waals surface area contributed by atoms with Crippen LogP contribution in [0.25, 0.3) is 0 Å². The molecule has 116 valence electrons. The SMILES string of the molecule is CN(CC1CCCCC1)C(=O)CCC1CCCC(N)C1. The van der Waals surface area contributed by atoms with E-state index in [-0.39, 0.29) is 0 Å². The van der Waals surface area contributed by atoms with Crippen LogP contribution in [0.4, 0.5) is 0 Å². The second-order valence-corrected chi connectivity index (χ2v) is 7.11. The highest BCUT2D eigenvalue weighted by molar-refractivity contribution is 5.75. The highest BCUT2D eigenvalue weighted by atomic mass is 16.2. The second-order valence-electron chi connectivity index (χ2n) is 7.11. The van der Waals surface area contributed by atoms with Crippen LogP contribution in [0.5, 0.6) is 0 Å². The van der Waals surface area contributed by atoms with E-state index in [1.54, 1.807) is 0 Å². The van der Waals surface area contributed by atoms with Crippen molar-refractivity contribution < 1.29 is 4.79 Å². The summed E-state index contributed by atoms with van der Waals surface area (Å²) in [5, 5.41) is 0. The van der Waals surface area contributed by atoms with Gasteiger partial charge >= 0.3 is 0 Å². The average Bonchev–Trinajstić information content (AvgIpc) is 2.46. The van der Waals surface area contributed by atoms with Gasteiger partial charge in [-0.15, -0.1) is 0 Å². The Morgan fingerprint density at radius 3 is 2.45 bits per heavy atom. The fraction of sp³-hybridized carbons (Fsp3) is 0.941. The van der Waals surface area contributed by atoms with Crippen LogP contribution in [0.1, 0.15) is 70.6 Å². The Morgan fingerprint density at radius 1 is 1.05 bits per heavy atom. The standard InChI is InChI=1S/C17H32N2O/c1-19(13-15-6-3-2-4-7-15)17(20)11-10-14-8-5-9-16(18)12-14/h14-16H,2-13,18H2,1H3. The van der Waals surface area contributed by atoms with Crippen molar-refractivity contribution in [2.24, 2.45) is 17.6 Å². The van der Waals surface area contributed by atoms with Crippen molar-refractivity contribution in [1.29, 1.82) is 0 Å². The molecule has 2 fully saturated rings. The van der Waals surface area contributed by atoms with Crippen LogP contribution in [0.3, 0.4) is 0 Å². The minimum absolute atomic E-state index is 0.342. The fourth-order valence-corrected chi connectivity index (χ4v) is 3.97. The molecule has 0 heterocycles. The lowest BCUT2D eigenvalue weighted by molar-refractivity contribution is -0.131. The molecule has 0 bridgehead atoms. The average molecular weight is 280 g/mol. The van der Waals surface area contributed by atoms with Gasteiger partial charge in [0, 0.05) is 26.1 Å². The van der Waals surface area contributed by atoms with E-state index >= 15 is 0 Å². The number of carbonyl (C=O) groups is 1. The normalized spacial score (nSPS) is 28.3. The van der Waals surface area contributed by atoms with Crippen molar-refractivity contribution in [2.75, 3.05) is 13.6 Å². The molecule has 0 saturated heterocycles. The van der Waals surface area contributed by atoms with Crippen molar-refractivity contribution in [3.8, 4) is 0 Å². The smallest absolute Gasteiger partial charge is 0.222 e. The molecule has 0 aromatic heterocycles. The molecule has 2 atom stereocenters. The monoisotopic (exact) mass is 280 g/mol. The van der Waals surface area contributed by atoms with Crippen LogP contribution in [0.15, 0.2) is 0 Å². The van der Waals surface area contributed by atoms with E-state index in [4.69, 9.17) is 5.73 Å². The number of amides is 1. The molecule has 1 amide bonds.